The number of carbonyl (C=O) groups excluding carboxylic acids is 1. The van der Waals surface area contributed by atoms with Crippen molar-refractivity contribution in [1.82, 2.24) is 29.5 Å². The van der Waals surface area contributed by atoms with E-state index < -0.39 is 23.3 Å². The first-order chi connectivity index (χ1) is 11.8. The summed E-state index contributed by atoms with van der Waals surface area (Å²) in [5, 5.41) is 14.6. The second-order valence-corrected chi connectivity index (χ2v) is 6.29. The molecular weight excluding hydrogens is 328 g/mol. The highest BCUT2D eigenvalue weighted by atomic mass is 16.3. The second kappa shape index (κ2) is 6.65. The highest BCUT2D eigenvalue weighted by Crippen LogP contribution is 2.19. The monoisotopic (exact) mass is 348 g/mol. The molecule has 3 N–H and O–H groups in total. The summed E-state index contributed by atoms with van der Waals surface area (Å²) < 4.78 is 1.76. The van der Waals surface area contributed by atoms with Crippen molar-refractivity contribution in [2.24, 2.45) is 0 Å². The fourth-order valence-electron chi connectivity index (χ4n) is 2.82. The van der Waals surface area contributed by atoms with E-state index in [0.29, 0.717) is 25.3 Å². The predicted molar refractivity (Wildman–Crippen MR) is 88.2 cm³/mol. The molecule has 0 saturated carbocycles. The molecule has 1 aliphatic heterocycles. The summed E-state index contributed by atoms with van der Waals surface area (Å²) in [6, 6.07) is 2.84. The quantitative estimate of drug-likeness (QED) is 0.618. The first-order valence-electron chi connectivity index (χ1n) is 7.86. The van der Waals surface area contributed by atoms with Crippen LogP contribution in [-0.4, -0.2) is 67.7 Å². The topological polar surface area (TPSA) is 127 Å². The lowest BCUT2D eigenvalue weighted by Crippen LogP contribution is -2.40. The van der Waals surface area contributed by atoms with E-state index in [9.17, 15) is 19.5 Å². The minimum atomic E-state index is -0.716. The summed E-state index contributed by atoms with van der Waals surface area (Å²) in [6.07, 6.45) is -0.707. The minimum absolute atomic E-state index is 0.0467. The average Bonchev–Trinajstić information content (AvgIpc) is 2.95. The number of rotatable bonds is 4. The van der Waals surface area contributed by atoms with Gasteiger partial charge in [-0.25, -0.2) is 4.79 Å². The van der Waals surface area contributed by atoms with Crippen LogP contribution in [0.1, 0.15) is 28.0 Å². The molecule has 2 aromatic rings. The molecule has 1 atom stereocenters. The maximum Gasteiger partial charge on any atom is 0.326 e. The third kappa shape index (κ3) is 3.69. The van der Waals surface area contributed by atoms with Crippen LogP contribution in [0.4, 0.5) is 0 Å². The normalized spacial score (nSPS) is 15.3. The summed E-state index contributed by atoms with van der Waals surface area (Å²) in [5.41, 5.74) is -0.0352. The molecule has 0 bridgehead atoms. The smallest absolute Gasteiger partial charge is 0.326 e. The van der Waals surface area contributed by atoms with Gasteiger partial charge in [0.25, 0.3) is 11.5 Å². The van der Waals surface area contributed by atoms with Crippen molar-refractivity contribution in [3.8, 4) is 0 Å². The van der Waals surface area contributed by atoms with Gasteiger partial charge < -0.3 is 19.9 Å². The molecule has 0 unspecified atom stereocenters. The first-order valence-corrected chi connectivity index (χ1v) is 7.86. The molecule has 3 rings (SSSR count). The van der Waals surface area contributed by atoms with Crippen LogP contribution in [0.25, 0.3) is 0 Å². The van der Waals surface area contributed by atoms with E-state index in [1.165, 1.54) is 4.90 Å². The van der Waals surface area contributed by atoms with Crippen molar-refractivity contribution < 1.29 is 9.90 Å². The Labute approximate surface area is 142 Å². The minimum Gasteiger partial charge on any atom is -0.385 e. The van der Waals surface area contributed by atoms with Gasteiger partial charge in [-0.3, -0.25) is 19.3 Å². The molecule has 1 aliphatic rings. The predicted octanol–water partition coefficient (Wildman–Crippen LogP) is -1.49. The molecule has 2 aromatic heterocycles. The zero-order chi connectivity index (χ0) is 18.1. The van der Waals surface area contributed by atoms with E-state index in [0.717, 1.165) is 11.8 Å². The number of likely N-dealkylation sites (N-methyl/N-ethyl adjacent to an activating group) is 1. The maximum absolute atomic E-state index is 12.5. The Morgan fingerprint density at radius 1 is 1.32 bits per heavy atom. The Hall–Kier alpha value is -2.72. The number of H-pyrrole nitrogens is 2. The lowest BCUT2D eigenvalue weighted by molar-refractivity contribution is 0.0698. The van der Waals surface area contributed by atoms with Gasteiger partial charge in [-0.15, -0.1) is 0 Å². The van der Waals surface area contributed by atoms with Crippen LogP contribution in [0.3, 0.4) is 0 Å². The molecule has 25 heavy (non-hydrogen) atoms. The fraction of sp³-hybridized carbons (Fsp3) is 0.467. The Bertz CT molecular complexity index is 868. The number of amides is 1. The van der Waals surface area contributed by atoms with Gasteiger partial charge in [0.1, 0.15) is 11.8 Å². The second-order valence-electron chi connectivity index (χ2n) is 6.29. The number of carbonyl (C=O) groups is 1. The van der Waals surface area contributed by atoms with Crippen LogP contribution in [0, 0.1) is 0 Å². The van der Waals surface area contributed by atoms with Gasteiger partial charge >= 0.3 is 5.69 Å². The van der Waals surface area contributed by atoms with Crippen molar-refractivity contribution in [1.29, 1.82) is 0 Å². The van der Waals surface area contributed by atoms with E-state index >= 15 is 0 Å². The Morgan fingerprint density at radius 2 is 2.08 bits per heavy atom. The van der Waals surface area contributed by atoms with Crippen molar-refractivity contribution in [3.63, 3.8) is 0 Å². The zero-order valence-electron chi connectivity index (χ0n) is 14.0. The first kappa shape index (κ1) is 17.1. The average molecular weight is 348 g/mol. The van der Waals surface area contributed by atoms with Crippen LogP contribution in [0.15, 0.2) is 21.7 Å². The molecule has 3 heterocycles. The number of nitrogens with zero attached hydrogens (tertiary/aromatic N) is 4. The third-order valence-corrected chi connectivity index (χ3v) is 3.97. The molecule has 10 heteroatoms. The number of nitrogens with one attached hydrogen (secondary N) is 2. The molecule has 0 fully saturated rings. The zero-order valence-corrected chi connectivity index (χ0v) is 14.0. The van der Waals surface area contributed by atoms with Gasteiger partial charge in [0.2, 0.25) is 0 Å². The van der Waals surface area contributed by atoms with Crippen LogP contribution < -0.4 is 11.2 Å². The Morgan fingerprint density at radius 3 is 2.76 bits per heavy atom. The van der Waals surface area contributed by atoms with Crippen molar-refractivity contribution in [2.75, 3.05) is 27.2 Å². The van der Waals surface area contributed by atoms with Gasteiger partial charge in [0, 0.05) is 19.2 Å². The lowest BCUT2D eigenvalue weighted by atomic mass is 10.2. The highest BCUT2D eigenvalue weighted by molar-refractivity contribution is 5.92. The highest BCUT2D eigenvalue weighted by Gasteiger charge is 2.25. The van der Waals surface area contributed by atoms with Gasteiger partial charge in [0.05, 0.1) is 24.5 Å². The largest absolute Gasteiger partial charge is 0.385 e. The standard InChI is InChI=1S/C15H20N6O4/c1-19(2)8-12(22)10-5-9-7-20(3-4-21(9)18-10)14(24)11-6-13(23)17-15(25)16-11/h5-6,12,22H,3-4,7-8H2,1-2H3,(H2,16,17,23,25)/t12-/m1/s1. The Kier molecular flexibility index (Phi) is 4.55. The molecule has 1 amide bonds. The van der Waals surface area contributed by atoms with Crippen molar-refractivity contribution >= 4 is 5.91 Å². The van der Waals surface area contributed by atoms with E-state index in [1.54, 1.807) is 10.7 Å². The number of aromatic amines is 2. The maximum atomic E-state index is 12.5. The van der Waals surface area contributed by atoms with Crippen LogP contribution in [-0.2, 0) is 13.1 Å². The molecule has 10 nitrogen and oxygen atoms in total. The molecule has 0 aromatic carbocycles. The molecule has 0 radical (unpaired) electrons. The molecule has 134 valence electrons. The fourth-order valence-corrected chi connectivity index (χ4v) is 2.82. The number of fused-ring (bicyclic) bond motifs is 1. The van der Waals surface area contributed by atoms with Gasteiger partial charge in [0.15, 0.2) is 0 Å². The summed E-state index contributed by atoms with van der Waals surface area (Å²) >= 11 is 0. The number of aliphatic hydroxyl groups excluding tert-OH is 1. The van der Waals surface area contributed by atoms with Crippen molar-refractivity contribution in [2.45, 2.75) is 19.2 Å². The third-order valence-electron chi connectivity index (χ3n) is 3.97. The SMILES string of the molecule is CN(C)C[C@@H](O)c1cc2n(n1)CCN(C(=O)c1cc(=O)[nH]c(=O)[nH]1)C2. The van der Waals surface area contributed by atoms with Crippen molar-refractivity contribution in [3.05, 3.63) is 50.1 Å². The van der Waals surface area contributed by atoms with E-state index in [2.05, 4.69) is 10.1 Å². The van der Waals surface area contributed by atoms with E-state index in [-0.39, 0.29) is 12.2 Å². The van der Waals surface area contributed by atoms with Crippen LogP contribution in [0.2, 0.25) is 0 Å². The Balaban J connectivity index is 1.79. The van der Waals surface area contributed by atoms with Gasteiger partial charge in [-0.05, 0) is 20.2 Å². The van der Waals surface area contributed by atoms with Crippen LogP contribution in [0.5, 0.6) is 0 Å². The number of hydrogen-bond acceptors (Lipinski definition) is 6. The van der Waals surface area contributed by atoms with Gasteiger partial charge in [-0.1, -0.05) is 0 Å². The molecule has 0 spiro atoms. The van der Waals surface area contributed by atoms with E-state index in [4.69, 9.17) is 0 Å². The summed E-state index contributed by atoms with van der Waals surface area (Å²) in [7, 11) is 3.73. The molecule has 0 aliphatic carbocycles. The number of aliphatic hydroxyl groups is 1. The number of hydrogen-bond donors (Lipinski definition) is 3. The van der Waals surface area contributed by atoms with Crippen LogP contribution >= 0.6 is 0 Å². The summed E-state index contributed by atoms with van der Waals surface area (Å²) in [5.74, 6) is -0.425. The summed E-state index contributed by atoms with van der Waals surface area (Å²) in [6.45, 7) is 1.61. The van der Waals surface area contributed by atoms with Gasteiger partial charge in [-0.2, -0.15) is 5.10 Å². The number of aromatic nitrogens is 4. The molecular formula is C15H20N6O4. The summed E-state index contributed by atoms with van der Waals surface area (Å²) in [4.78, 5) is 43.0. The lowest BCUT2D eigenvalue weighted by Gasteiger charge is -2.27. The van der Waals surface area contributed by atoms with E-state index in [1.807, 2.05) is 24.0 Å². The molecule has 0 saturated heterocycles.